The fourth-order valence-electron chi connectivity index (χ4n) is 0.711. The zero-order chi connectivity index (χ0) is 12.8. The van der Waals surface area contributed by atoms with Gasteiger partial charge >= 0.3 is 0 Å². The molecule has 0 aromatic heterocycles. The van der Waals surface area contributed by atoms with E-state index in [0.29, 0.717) is 5.75 Å². The average molecular weight is 340 g/mol. The molecule has 1 aromatic carbocycles. The van der Waals surface area contributed by atoms with Gasteiger partial charge in [-0.05, 0) is 55.5 Å². The fourth-order valence-corrected chi connectivity index (χ4v) is 1.14. The van der Waals surface area contributed by atoms with Crippen LogP contribution in [0.4, 0.5) is 4.39 Å². The van der Waals surface area contributed by atoms with E-state index in [9.17, 15) is 4.39 Å². The van der Waals surface area contributed by atoms with Crippen molar-refractivity contribution in [3.63, 3.8) is 0 Å². The van der Waals surface area contributed by atoms with Gasteiger partial charge in [0.15, 0.2) is 5.75 Å². The van der Waals surface area contributed by atoms with Crippen molar-refractivity contribution in [1.82, 2.24) is 0 Å². The molecular formula is C12H18FIO2. The van der Waals surface area contributed by atoms with Gasteiger partial charge in [0.05, 0.1) is 3.57 Å². The lowest BCUT2D eigenvalue weighted by Crippen LogP contribution is -2.21. The van der Waals surface area contributed by atoms with E-state index in [-0.39, 0.29) is 5.82 Å². The maximum Gasteiger partial charge on any atom is 0.181 e. The van der Waals surface area contributed by atoms with E-state index >= 15 is 0 Å². The van der Waals surface area contributed by atoms with Crippen LogP contribution in [0.25, 0.3) is 0 Å². The van der Waals surface area contributed by atoms with Gasteiger partial charge in [-0.1, -0.05) is 13.8 Å². The fraction of sp³-hybridized carbons (Fsp3) is 0.500. The summed E-state index contributed by atoms with van der Waals surface area (Å²) in [5, 5.41) is 0. The van der Waals surface area contributed by atoms with E-state index in [4.69, 9.17) is 9.78 Å². The Morgan fingerprint density at radius 1 is 1.19 bits per heavy atom. The van der Waals surface area contributed by atoms with E-state index in [2.05, 4.69) is 22.6 Å². The summed E-state index contributed by atoms with van der Waals surface area (Å²) in [7, 11) is 0. The number of hydrogen-bond acceptors (Lipinski definition) is 2. The average Bonchev–Trinajstić information content (AvgIpc) is 2.21. The van der Waals surface area contributed by atoms with Crippen LogP contribution in [0, 0.1) is 9.39 Å². The first kappa shape index (κ1) is 15.6. The Hall–Kier alpha value is -0.360. The maximum absolute atomic E-state index is 12.8. The van der Waals surface area contributed by atoms with E-state index < -0.39 is 5.60 Å². The summed E-state index contributed by atoms with van der Waals surface area (Å²) in [5.41, 5.74) is -0.407. The van der Waals surface area contributed by atoms with Gasteiger partial charge in [0.2, 0.25) is 0 Å². The third-order valence-corrected chi connectivity index (χ3v) is 2.17. The van der Waals surface area contributed by atoms with Crippen LogP contribution >= 0.6 is 22.6 Å². The molecule has 0 aliphatic rings. The summed E-state index contributed by atoms with van der Waals surface area (Å²) < 4.78 is 13.6. The summed E-state index contributed by atoms with van der Waals surface area (Å²) in [6.07, 6.45) is 0. The van der Waals surface area contributed by atoms with Crippen molar-refractivity contribution >= 4 is 22.6 Å². The third kappa shape index (κ3) is 6.27. The first-order valence-electron chi connectivity index (χ1n) is 5.19. The molecule has 16 heavy (non-hydrogen) atoms. The Labute approximate surface area is 110 Å². The molecule has 0 radical (unpaired) electrons. The van der Waals surface area contributed by atoms with Crippen molar-refractivity contribution in [2.24, 2.45) is 0 Å². The molecule has 0 saturated heterocycles. The summed E-state index contributed by atoms with van der Waals surface area (Å²) in [6.45, 7) is 9.58. The molecule has 1 aromatic rings. The van der Waals surface area contributed by atoms with Crippen LogP contribution in [0.1, 0.15) is 34.6 Å². The summed E-state index contributed by atoms with van der Waals surface area (Å²) in [6, 6.07) is 4.32. The van der Waals surface area contributed by atoms with Gasteiger partial charge in [0.1, 0.15) is 11.4 Å². The first-order valence-corrected chi connectivity index (χ1v) is 6.27. The molecule has 2 nitrogen and oxygen atoms in total. The highest BCUT2D eigenvalue weighted by Gasteiger charge is 2.14. The lowest BCUT2D eigenvalue weighted by atomic mass is 10.2. The minimum Gasteiger partial charge on any atom is -0.336 e. The lowest BCUT2D eigenvalue weighted by molar-refractivity contribution is -0.275. The molecule has 4 heteroatoms. The van der Waals surface area contributed by atoms with E-state index in [1.165, 1.54) is 12.1 Å². The van der Waals surface area contributed by atoms with Crippen molar-refractivity contribution in [3.05, 3.63) is 27.6 Å². The summed E-state index contributed by atoms with van der Waals surface area (Å²) in [4.78, 5) is 10.1. The van der Waals surface area contributed by atoms with Crippen LogP contribution in [0.2, 0.25) is 0 Å². The smallest absolute Gasteiger partial charge is 0.181 e. The summed E-state index contributed by atoms with van der Waals surface area (Å²) in [5.74, 6) is 0.0680. The zero-order valence-corrected chi connectivity index (χ0v) is 12.5. The second-order valence-corrected chi connectivity index (χ2v) is 5.02. The standard InChI is InChI=1S/C10H12FIO2.C2H6/c1-10(2,3)14-13-9-6-7(11)4-5-8(9)12;1-2/h4-6H,1-3H3;1-2H3. The Morgan fingerprint density at radius 2 is 1.75 bits per heavy atom. The number of benzene rings is 1. The molecule has 0 fully saturated rings. The van der Waals surface area contributed by atoms with Crippen molar-refractivity contribution < 1.29 is 14.2 Å². The lowest BCUT2D eigenvalue weighted by Gasteiger charge is -2.18. The zero-order valence-electron chi connectivity index (χ0n) is 10.3. The van der Waals surface area contributed by atoms with Crippen molar-refractivity contribution in [2.75, 3.05) is 0 Å². The third-order valence-electron chi connectivity index (χ3n) is 1.27. The molecular weight excluding hydrogens is 322 g/mol. The number of rotatable bonds is 2. The Morgan fingerprint density at radius 3 is 2.25 bits per heavy atom. The van der Waals surface area contributed by atoms with Gasteiger partial charge in [-0.25, -0.2) is 4.39 Å². The molecule has 0 heterocycles. The van der Waals surface area contributed by atoms with Crippen LogP contribution in [0.3, 0.4) is 0 Å². The predicted molar refractivity (Wildman–Crippen MR) is 71.9 cm³/mol. The SMILES string of the molecule is CC.CC(C)(C)OOc1cc(F)ccc1I. The van der Waals surface area contributed by atoms with Gasteiger partial charge in [0.25, 0.3) is 0 Å². The second-order valence-electron chi connectivity index (χ2n) is 3.85. The van der Waals surface area contributed by atoms with Gasteiger partial charge < -0.3 is 4.89 Å². The van der Waals surface area contributed by atoms with Crippen LogP contribution in [0.5, 0.6) is 5.75 Å². The minimum atomic E-state index is -0.407. The monoisotopic (exact) mass is 340 g/mol. The van der Waals surface area contributed by atoms with Crippen molar-refractivity contribution in [2.45, 2.75) is 40.2 Å². The highest BCUT2D eigenvalue weighted by atomic mass is 127. The molecule has 0 aliphatic carbocycles. The second kappa shape index (κ2) is 7.06. The largest absolute Gasteiger partial charge is 0.336 e. The van der Waals surface area contributed by atoms with Crippen LogP contribution in [-0.2, 0) is 4.89 Å². The van der Waals surface area contributed by atoms with Gasteiger partial charge in [-0.2, -0.15) is 4.89 Å². The van der Waals surface area contributed by atoms with Crippen molar-refractivity contribution in [1.29, 1.82) is 0 Å². The predicted octanol–water partition coefficient (Wildman–Crippen LogP) is 4.57. The van der Waals surface area contributed by atoms with E-state index in [0.717, 1.165) is 3.57 Å². The normalized spacial score (nSPS) is 10.4. The van der Waals surface area contributed by atoms with Crippen LogP contribution < -0.4 is 4.89 Å². The number of halogens is 2. The molecule has 0 amide bonds. The molecule has 0 aliphatic heterocycles. The Bertz CT molecular complexity index is 321. The number of hydrogen-bond donors (Lipinski definition) is 0. The maximum atomic E-state index is 12.8. The molecule has 1 rings (SSSR count). The van der Waals surface area contributed by atoms with Gasteiger partial charge in [0, 0.05) is 6.07 Å². The van der Waals surface area contributed by atoms with Crippen LogP contribution in [-0.4, -0.2) is 5.60 Å². The molecule has 0 bridgehead atoms. The topological polar surface area (TPSA) is 18.5 Å². The van der Waals surface area contributed by atoms with Gasteiger partial charge in [-0.15, -0.1) is 0 Å². The molecule has 92 valence electrons. The summed E-state index contributed by atoms with van der Waals surface area (Å²) >= 11 is 2.06. The van der Waals surface area contributed by atoms with E-state index in [1.54, 1.807) is 6.07 Å². The first-order chi connectivity index (χ1) is 7.38. The van der Waals surface area contributed by atoms with Gasteiger partial charge in [-0.3, -0.25) is 0 Å². The highest BCUT2D eigenvalue weighted by Crippen LogP contribution is 2.23. The highest BCUT2D eigenvalue weighted by molar-refractivity contribution is 14.1. The molecule has 0 spiro atoms. The Balaban J connectivity index is 0.00000106. The minimum absolute atomic E-state index is 0.335. The molecule has 0 atom stereocenters. The molecule has 0 saturated carbocycles. The Kier molecular flexibility index (Phi) is 6.90. The van der Waals surface area contributed by atoms with Crippen molar-refractivity contribution in [3.8, 4) is 5.75 Å². The quantitative estimate of drug-likeness (QED) is 0.446. The van der Waals surface area contributed by atoms with E-state index in [1.807, 2.05) is 34.6 Å². The van der Waals surface area contributed by atoms with Crippen LogP contribution in [0.15, 0.2) is 18.2 Å². The molecule has 0 unspecified atom stereocenters. The molecule has 0 N–H and O–H groups in total.